The quantitative estimate of drug-likeness (QED) is 0.791. The third-order valence-electron chi connectivity index (χ3n) is 3.80. The summed E-state index contributed by atoms with van der Waals surface area (Å²) in [6.45, 7) is 6.34. The Morgan fingerprint density at radius 2 is 1.80 bits per heavy atom. The fourth-order valence-electron chi connectivity index (χ4n) is 1.78. The van der Waals surface area contributed by atoms with Crippen LogP contribution in [0.1, 0.15) is 33.6 Å². The molecule has 0 saturated heterocycles. The van der Waals surface area contributed by atoms with Crippen molar-refractivity contribution in [3.63, 3.8) is 0 Å². The largest absolute Gasteiger partial charge is 0.397 e. The number of nitrogen functional groups attached to an aromatic ring is 1. The van der Waals surface area contributed by atoms with E-state index in [1.807, 2.05) is 0 Å². The summed E-state index contributed by atoms with van der Waals surface area (Å²) in [6, 6.07) is 4.82. The summed E-state index contributed by atoms with van der Waals surface area (Å²) in [6.07, 6.45) is 1.92. The number of nitrogens with two attached hydrogens (primary N) is 1. The molecule has 0 heterocycles. The van der Waals surface area contributed by atoms with Gasteiger partial charge in [-0.15, -0.1) is 0 Å². The average Bonchev–Trinajstić information content (AvgIpc) is 2.40. The van der Waals surface area contributed by atoms with Gasteiger partial charge in [-0.1, -0.05) is 13.8 Å². The fourth-order valence-corrected chi connectivity index (χ4v) is 2.72. The van der Waals surface area contributed by atoms with Crippen molar-refractivity contribution in [1.29, 1.82) is 0 Å². The van der Waals surface area contributed by atoms with Gasteiger partial charge in [-0.3, -0.25) is 0 Å². The summed E-state index contributed by atoms with van der Waals surface area (Å²) >= 11 is 0. The Morgan fingerprint density at radius 1 is 1.25 bits per heavy atom. The minimum Gasteiger partial charge on any atom is -0.397 e. The minimum absolute atomic E-state index is 0.0456. The Hall–Kier alpha value is -1.27. The van der Waals surface area contributed by atoms with Gasteiger partial charge in [-0.2, -0.15) is 0 Å². The predicted octanol–water partition coefficient (Wildman–Crippen LogP) is 2.51. The standard InChI is InChI=1S/C14H25N3O2S/c1-6-14(3,7-2)16-13-9-8-11(10-12(13)15)20(18,19)17(4)5/h8-10,16H,6-7,15H2,1-5H3. The molecule has 0 radical (unpaired) electrons. The maximum atomic E-state index is 12.0. The lowest BCUT2D eigenvalue weighted by atomic mass is 9.95. The Bertz CT molecular complexity index is 564. The van der Waals surface area contributed by atoms with Crippen molar-refractivity contribution in [3.05, 3.63) is 18.2 Å². The molecular formula is C14H25N3O2S. The zero-order valence-corrected chi connectivity index (χ0v) is 13.7. The van der Waals surface area contributed by atoms with Crippen molar-refractivity contribution in [1.82, 2.24) is 4.31 Å². The molecule has 0 aliphatic heterocycles. The first-order valence-corrected chi connectivity index (χ1v) is 8.20. The molecule has 0 amide bonds. The monoisotopic (exact) mass is 299 g/mol. The van der Waals surface area contributed by atoms with Gasteiger partial charge in [-0.25, -0.2) is 12.7 Å². The topological polar surface area (TPSA) is 75.4 Å². The van der Waals surface area contributed by atoms with Crippen molar-refractivity contribution in [2.24, 2.45) is 0 Å². The number of sulfonamides is 1. The molecule has 0 fully saturated rings. The lowest BCUT2D eigenvalue weighted by molar-refractivity contribution is 0.479. The van der Waals surface area contributed by atoms with Crippen LogP contribution in [-0.2, 0) is 10.0 Å². The summed E-state index contributed by atoms with van der Waals surface area (Å²) in [5.41, 5.74) is 7.16. The molecule has 1 aromatic rings. The van der Waals surface area contributed by atoms with Gasteiger partial charge in [0.2, 0.25) is 10.0 Å². The normalized spacial score (nSPS) is 12.7. The predicted molar refractivity (Wildman–Crippen MR) is 84.3 cm³/mol. The molecule has 5 nitrogen and oxygen atoms in total. The van der Waals surface area contributed by atoms with Gasteiger partial charge in [0, 0.05) is 19.6 Å². The van der Waals surface area contributed by atoms with Crippen LogP contribution < -0.4 is 11.1 Å². The fraction of sp³-hybridized carbons (Fsp3) is 0.571. The highest BCUT2D eigenvalue weighted by Gasteiger charge is 2.22. The Labute approximate surface area is 122 Å². The lowest BCUT2D eigenvalue weighted by Crippen LogP contribution is -2.33. The number of hydrogen-bond acceptors (Lipinski definition) is 4. The highest BCUT2D eigenvalue weighted by molar-refractivity contribution is 7.89. The highest BCUT2D eigenvalue weighted by atomic mass is 32.2. The molecule has 20 heavy (non-hydrogen) atoms. The first-order chi connectivity index (χ1) is 9.16. The molecule has 0 bridgehead atoms. The second kappa shape index (κ2) is 6.01. The molecule has 0 aromatic heterocycles. The van der Waals surface area contributed by atoms with E-state index in [1.165, 1.54) is 24.5 Å². The minimum atomic E-state index is -3.45. The van der Waals surface area contributed by atoms with Crippen LogP contribution in [0.5, 0.6) is 0 Å². The van der Waals surface area contributed by atoms with E-state index < -0.39 is 10.0 Å². The van der Waals surface area contributed by atoms with Gasteiger partial charge >= 0.3 is 0 Å². The van der Waals surface area contributed by atoms with Crippen molar-refractivity contribution >= 4 is 21.4 Å². The first-order valence-electron chi connectivity index (χ1n) is 6.76. The van der Waals surface area contributed by atoms with Crippen LogP contribution in [-0.4, -0.2) is 32.4 Å². The molecule has 0 aliphatic rings. The van der Waals surface area contributed by atoms with Gasteiger partial charge < -0.3 is 11.1 Å². The van der Waals surface area contributed by atoms with E-state index in [2.05, 4.69) is 26.1 Å². The first kappa shape index (κ1) is 16.8. The third kappa shape index (κ3) is 3.43. The number of anilines is 2. The van der Waals surface area contributed by atoms with Crippen molar-refractivity contribution in [2.75, 3.05) is 25.1 Å². The number of nitrogens with one attached hydrogen (secondary N) is 1. The van der Waals surface area contributed by atoms with E-state index in [-0.39, 0.29) is 10.4 Å². The van der Waals surface area contributed by atoms with Crippen LogP contribution in [0, 0.1) is 0 Å². The summed E-state index contributed by atoms with van der Waals surface area (Å²) in [5.74, 6) is 0. The van der Waals surface area contributed by atoms with Crippen LogP contribution in [0.2, 0.25) is 0 Å². The smallest absolute Gasteiger partial charge is 0.242 e. The molecule has 0 unspecified atom stereocenters. The van der Waals surface area contributed by atoms with Gasteiger partial charge in [0.15, 0.2) is 0 Å². The van der Waals surface area contributed by atoms with Crippen LogP contribution in [0.4, 0.5) is 11.4 Å². The third-order valence-corrected chi connectivity index (χ3v) is 5.61. The van der Waals surface area contributed by atoms with Crippen LogP contribution >= 0.6 is 0 Å². The van der Waals surface area contributed by atoms with Crippen molar-refractivity contribution in [3.8, 4) is 0 Å². The van der Waals surface area contributed by atoms with E-state index >= 15 is 0 Å². The number of benzene rings is 1. The van der Waals surface area contributed by atoms with Crippen LogP contribution in [0.3, 0.4) is 0 Å². The Kier molecular flexibility index (Phi) is 5.05. The van der Waals surface area contributed by atoms with Gasteiger partial charge in [-0.05, 0) is 38.0 Å². The molecule has 0 saturated carbocycles. The molecule has 1 aromatic carbocycles. The summed E-state index contributed by atoms with van der Waals surface area (Å²) in [4.78, 5) is 0.209. The van der Waals surface area contributed by atoms with E-state index in [9.17, 15) is 8.42 Å². The van der Waals surface area contributed by atoms with Gasteiger partial charge in [0.1, 0.15) is 0 Å². The number of nitrogens with zero attached hydrogens (tertiary/aromatic N) is 1. The lowest BCUT2D eigenvalue weighted by Gasteiger charge is -2.30. The van der Waals surface area contributed by atoms with Crippen molar-refractivity contribution in [2.45, 2.75) is 44.0 Å². The molecule has 1 rings (SSSR count). The molecule has 6 heteroatoms. The Balaban J connectivity index is 3.13. The second-order valence-electron chi connectivity index (χ2n) is 5.43. The summed E-state index contributed by atoms with van der Waals surface area (Å²) < 4.78 is 25.3. The number of hydrogen-bond donors (Lipinski definition) is 2. The van der Waals surface area contributed by atoms with E-state index in [1.54, 1.807) is 12.1 Å². The SMILES string of the molecule is CCC(C)(CC)Nc1ccc(S(=O)(=O)N(C)C)cc1N. The second-order valence-corrected chi connectivity index (χ2v) is 7.58. The zero-order chi connectivity index (χ0) is 15.6. The van der Waals surface area contributed by atoms with E-state index in [4.69, 9.17) is 5.73 Å². The zero-order valence-electron chi connectivity index (χ0n) is 12.9. The Morgan fingerprint density at radius 3 is 2.20 bits per heavy atom. The highest BCUT2D eigenvalue weighted by Crippen LogP contribution is 2.28. The molecular weight excluding hydrogens is 274 g/mol. The summed E-state index contributed by atoms with van der Waals surface area (Å²) in [7, 11) is -0.440. The number of rotatable bonds is 6. The summed E-state index contributed by atoms with van der Waals surface area (Å²) in [5, 5.41) is 3.40. The molecule has 0 atom stereocenters. The molecule has 3 N–H and O–H groups in total. The molecule has 0 spiro atoms. The van der Waals surface area contributed by atoms with Crippen LogP contribution in [0.25, 0.3) is 0 Å². The van der Waals surface area contributed by atoms with E-state index in [0.29, 0.717) is 5.69 Å². The average molecular weight is 299 g/mol. The van der Waals surface area contributed by atoms with Crippen LogP contribution in [0.15, 0.2) is 23.1 Å². The van der Waals surface area contributed by atoms with Gasteiger partial charge in [0.25, 0.3) is 0 Å². The van der Waals surface area contributed by atoms with Crippen molar-refractivity contribution < 1.29 is 8.42 Å². The maximum absolute atomic E-state index is 12.0. The van der Waals surface area contributed by atoms with E-state index in [0.717, 1.165) is 18.5 Å². The maximum Gasteiger partial charge on any atom is 0.242 e. The van der Waals surface area contributed by atoms with Gasteiger partial charge in [0.05, 0.1) is 16.3 Å². The molecule has 114 valence electrons. The molecule has 0 aliphatic carbocycles.